The van der Waals surface area contributed by atoms with Crippen LogP contribution in [0.2, 0.25) is 0 Å². The number of aliphatic hydroxyl groups is 1. The van der Waals surface area contributed by atoms with Crippen molar-refractivity contribution in [2.45, 2.75) is 53.0 Å². The minimum Gasteiger partial charge on any atom is -0.507 e. The van der Waals surface area contributed by atoms with Gasteiger partial charge in [-0.25, -0.2) is 0 Å². The van der Waals surface area contributed by atoms with E-state index in [1.807, 2.05) is 75.4 Å². The summed E-state index contributed by atoms with van der Waals surface area (Å²) in [6, 6.07) is 18.2. The fourth-order valence-electron chi connectivity index (χ4n) is 5.40. The van der Waals surface area contributed by atoms with Gasteiger partial charge in [0.05, 0.1) is 24.3 Å². The Hall–Kier alpha value is -4.32. The van der Waals surface area contributed by atoms with Crippen LogP contribution in [0.4, 0.5) is 5.69 Å². The molecular weight excluding hydrogens is 488 g/mol. The van der Waals surface area contributed by atoms with Crippen LogP contribution < -0.4 is 9.64 Å². The van der Waals surface area contributed by atoms with Gasteiger partial charge in [-0.2, -0.15) is 0 Å². The first-order chi connectivity index (χ1) is 18.4. The van der Waals surface area contributed by atoms with E-state index in [0.717, 1.165) is 38.9 Å². The second kappa shape index (κ2) is 9.45. The van der Waals surface area contributed by atoms with Crippen molar-refractivity contribution in [2.24, 2.45) is 0 Å². The number of nitrogens with one attached hydrogen (secondary N) is 1. The van der Waals surface area contributed by atoms with E-state index in [1.54, 1.807) is 6.07 Å². The molecule has 1 fully saturated rings. The summed E-state index contributed by atoms with van der Waals surface area (Å²) >= 11 is 0. The number of carbonyl (C=O) groups is 2. The Labute approximate surface area is 228 Å². The van der Waals surface area contributed by atoms with Gasteiger partial charge in [0.2, 0.25) is 0 Å². The van der Waals surface area contributed by atoms with Crippen LogP contribution in [0.25, 0.3) is 16.7 Å². The molecule has 6 heteroatoms. The third-order valence-corrected chi connectivity index (χ3v) is 7.75. The fourth-order valence-corrected chi connectivity index (χ4v) is 5.40. The van der Waals surface area contributed by atoms with Crippen LogP contribution in [0.5, 0.6) is 5.75 Å². The van der Waals surface area contributed by atoms with Crippen LogP contribution in [0.3, 0.4) is 0 Å². The predicted molar refractivity (Wildman–Crippen MR) is 155 cm³/mol. The first-order valence-electron chi connectivity index (χ1n) is 13.1. The molecule has 5 rings (SSSR count). The lowest BCUT2D eigenvalue weighted by Crippen LogP contribution is -2.29. The molecule has 2 N–H and O–H groups in total. The molecule has 0 saturated carbocycles. The van der Waals surface area contributed by atoms with Crippen molar-refractivity contribution in [1.82, 2.24) is 4.98 Å². The molecule has 39 heavy (non-hydrogen) atoms. The molecule has 1 aromatic heterocycles. The van der Waals surface area contributed by atoms with E-state index in [2.05, 4.69) is 25.8 Å². The van der Waals surface area contributed by atoms with Crippen molar-refractivity contribution in [2.75, 3.05) is 12.0 Å². The number of methoxy groups -OCH3 is 1. The number of carbonyl (C=O) groups excluding carboxylic acids is 2. The first kappa shape index (κ1) is 26.3. The summed E-state index contributed by atoms with van der Waals surface area (Å²) in [5, 5.41) is 12.8. The van der Waals surface area contributed by atoms with Crippen molar-refractivity contribution < 1.29 is 19.4 Å². The molecule has 200 valence electrons. The second-order valence-electron chi connectivity index (χ2n) is 11.3. The Bertz CT molecular complexity index is 1670. The lowest BCUT2D eigenvalue weighted by atomic mass is 9.85. The van der Waals surface area contributed by atoms with Gasteiger partial charge in [0.15, 0.2) is 0 Å². The quantitative estimate of drug-likeness (QED) is 0.171. The highest BCUT2D eigenvalue weighted by Gasteiger charge is 2.48. The summed E-state index contributed by atoms with van der Waals surface area (Å²) in [4.78, 5) is 32.5. The van der Waals surface area contributed by atoms with E-state index < -0.39 is 17.7 Å². The summed E-state index contributed by atoms with van der Waals surface area (Å²) < 4.78 is 5.61. The number of Topliss-reactive ketones (excluding diaryl/α,β-unsaturated/α-hetero) is 1. The molecule has 1 aliphatic heterocycles. The van der Waals surface area contributed by atoms with Crippen molar-refractivity contribution in [1.29, 1.82) is 0 Å². The van der Waals surface area contributed by atoms with Gasteiger partial charge in [0.25, 0.3) is 11.7 Å². The van der Waals surface area contributed by atoms with Crippen molar-refractivity contribution in [3.05, 3.63) is 99.7 Å². The number of aliphatic hydroxyl groups excluding tert-OH is 1. The van der Waals surface area contributed by atoms with E-state index in [-0.39, 0.29) is 16.7 Å². The normalized spacial score (nSPS) is 17.3. The third-order valence-electron chi connectivity index (χ3n) is 7.75. The number of benzene rings is 3. The number of nitrogens with zero attached hydrogens (tertiary/aromatic N) is 1. The fraction of sp³-hybridized carbons (Fsp3) is 0.273. The Morgan fingerprint density at radius 3 is 2.33 bits per heavy atom. The van der Waals surface area contributed by atoms with Crippen LogP contribution in [-0.2, 0) is 15.0 Å². The van der Waals surface area contributed by atoms with Crippen LogP contribution in [0, 0.1) is 20.8 Å². The van der Waals surface area contributed by atoms with E-state index in [9.17, 15) is 14.7 Å². The highest BCUT2D eigenvalue weighted by Crippen LogP contribution is 2.46. The number of aromatic nitrogens is 1. The summed E-state index contributed by atoms with van der Waals surface area (Å²) in [7, 11) is 1.53. The number of fused-ring (bicyclic) bond motifs is 1. The molecule has 6 nitrogen and oxygen atoms in total. The van der Waals surface area contributed by atoms with Gasteiger partial charge in [-0.05, 0) is 73.2 Å². The molecule has 1 saturated heterocycles. The average Bonchev–Trinajstić information content (AvgIpc) is 3.36. The first-order valence-corrected chi connectivity index (χ1v) is 13.1. The summed E-state index contributed by atoms with van der Waals surface area (Å²) in [5.41, 5.74) is 6.34. The molecule has 0 spiro atoms. The van der Waals surface area contributed by atoms with E-state index in [0.29, 0.717) is 17.0 Å². The van der Waals surface area contributed by atoms with Gasteiger partial charge in [-0.1, -0.05) is 51.1 Å². The number of amides is 1. The van der Waals surface area contributed by atoms with Crippen molar-refractivity contribution >= 4 is 34.0 Å². The van der Waals surface area contributed by atoms with Gasteiger partial charge < -0.3 is 14.8 Å². The van der Waals surface area contributed by atoms with Crippen LogP contribution in [0.1, 0.15) is 60.3 Å². The maximum atomic E-state index is 13.8. The van der Waals surface area contributed by atoms with Crippen molar-refractivity contribution in [3.63, 3.8) is 0 Å². The standard InChI is InChI=1S/C33H34N2O4/c1-18-12-14-22(16-19(18)2)35-29(27-20(3)34-25-11-9-8-10-23(25)27)28(31(37)32(35)38)30(36)24-17-21(33(4,5)6)13-15-26(24)39-7/h8-17,29,34,36H,1-7H3/b30-28+. The largest absolute Gasteiger partial charge is 0.507 e. The van der Waals surface area contributed by atoms with Crippen LogP contribution >= 0.6 is 0 Å². The Morgan fingerprint density at radius 2 is 1.67 bits per heavy atom. The number of aromatic amines is 1. The molecule has 3 aromatic carbocycles. The maximum absolute atomic E-state index is 13.8. The molecule has 0 bridgehead atoms. The Balaban J connectivity index is 1.85. The molecule has 0 radical (unpaired) electrons. The maximum Gasteiger partial charge on any atom is 0.300 e. The minimum absolute atomic E-state index is 0.0374. The van der Waals surface area contributed by atoms with Gasteiger partial charge in [-0.15, -0.1) is 0 Å². The summed E-state index contributed by atoms with van der Waals surface area (Å²) in [6.07, 6.45) is 0. The number of aryl methyl sites for hydroxylation is 3. The van der Waals surface area contributed by atoms with Gasteiger partial charge in [-0.3, -0.25) is 14.5 Å². The smallest absolute Gasteiger partial charge is 0.300 e. The minimum atomic E-state index is -0.841. The highest BCUT2D eigenvalue weighted by molar-refractivity contribution is 6.52. The summed E-state index contributed by atoms with van der Waals surface area (Å²) in [5.74, 6) is -1.24. The molecule has 1 amide bonds. The lowest BCUT2D eigenvalue weighted by molar-refractivity contribution is -0.132. The van der Waals surface area contributed by atoms with Gasteiger partial charge in [0, 0.05) is 27.8 Å². The number of hydrogen-bond acceptors (Lipinski definition) is 4. The van der Waals surface area contributed by atoms with Gasteiger partial charge >= 0.3 is 0 Å². The molecule has 2 heterocycles. The summed E-state index contributed by atoms with van der Waals surface area (Å²) in [6.45, 7) is 12.1. The number of para-hydroxylation sites is 1. The zero-order valence-corrected chi connectivity index (χ0v) is 23.5. The zero-order chi connectivity index (χ0) is 28.2. The molecule has 4 aromatic rings. The number of rotatable bonds is 4. The van der Waals surface area contributed by atoms with E-state index >= 15 is 0 Å². The third kappa shape index (κ3) is 4.30. The molecule has 1 atom stereocenters. The topological polar surface area (TPSA) is 82.6 Å². The number of H-pyrrole nitrogens is 1. The SMILES string of the molecule is COc1ccc(C(C)(C)C)cc1/C(O)=C1\C(=O)C(=O)N(c2ccc(C)c(C)c2)C1c1c(C)[nH]c2ccccc12. The number of ketones is 1. The highest BCUT2D eigenvalue weighted by atomic mass is 16.5. The average molecular weight is 523 g/mol. The molecule has 1 aliphatic rings. The molecular formula is C33H34N2O4. The monoisotopic (exact) mass is 522 g/mol. The second-order valence-corrected chi connectivity index (χ2v) is 11.3. The van der Waals surface area contributed by atoms with E-state index in [4.69, 9.17) is 4.74 Å². The van der Waals surface area contributed by atoms with Crippen LogP contribution in [0.15, 0.2) is 66.2 Å². The molecule has 0 aliphatic carbocycles. The van der Waals surface area contributed by atoms with Crippen molar-refractivity contribution in [3.8, 4) is 5.75 Å². The van der Waals surface area contributed by atoms with Gasteiger partial charge in [0.1, 0.15) is 11.5 Å². The number of ether oxygens (including phenoxy) is 1. The Kier molecular flexibility index (Phi) is 6.37. The Morgan fingerprint density at radius 1 is 0.949 bits per heavy atom. The zero-order valence-electron chi connectivity index (χ0n) is 23.5. The van der Waals surface area contributed by atoms with E-state index in [1.165, 1.54) is 12.0 Å². The number of hydrogen-bond donors (Lipinski definition) is 2. The number of anilines is 1. The predicted octanol–water partition coefficient (Wildman–Crippen LogP) is 7.03. The molecule has 1 unspecified atom stereocenters. The van der Waals surface area contributed by atoms with Crippen LogP contribution in [-0.4, -0.2) is 28.9 Å². The lowest BCUT2D eigenvalue weighted by Gasteiger charge is -2.27.